The van der Waals surface area contributed by atoms with Crippen LogP contribution in [0, 0.1) is 6.92 Å². The summed E-state index contributed by atoms with van der Waals surface area (Å²) in [5.41, 5.74) is 2.16. The first kappa shape index (κ1) is 12.3. The number of rotatable bonds is 6. The van der Waals surface area contributed by atoms with Gasteiger partial charge in [0.2, 0.25) is 0 Å². The molecule has 0 aliphatic carbocycles. The molecule has 1 aliphatic rings. The molecule has 0 bridgehead atoms. The Kier molecular flexibility index (Phi) is 4.76. The molecular formula is C13H20N2O2. The molecule has 0 saturated carbocycles. The number of hydrogen-bond acceptors (Lipinski definition) is 4. The lowest BCUT2D eigenvalue weighted by atomic mass is 10.3. The van der Waals surface area contributed by atoms with E-state index in [2.05, 4.69) is 10.3 Å². The van der Waals surface area contributed by atoms with Crippen LogP contribution in [0.1, 0.15) is 18.5 Å². The number of nitrogens with zero attached hydrogens (tertiary/aromatic N) is 1. The quantitative estimate of drug-likeness (QED) is 0.767. The molecule has 1 aromatic heterocycles. The SMILES string of the molecule is Cc1cc(NCCCOC2CCOC2)ccn1. The van der Waals surface area contributed by atoms with Gasteiger partial charge in [0.1, 0.15) is 0 Å². The Hall–Kier alpha value is -1.13. The first-order valence-electron chi connectivity index (χ1n) is 6.20. The number of aromatic nitrogens is 1. The van der Waals surface area contributed by atoms with Crippen LogP contribution in [0.3, 0.4) is 0 Å². The normalized spacial score (nSPS) is 19.5. The summed E-state index contributed by atoms with van der Waals surface area (Å²) in [7, 11) is 0. The smallest absolute Gasteiger partial charge is 0.0830 e. The fourth-order valence-corrected chi connectivity index (χ4v) is 1.85. The Morgan fingerprint density at radius 2 is 2.53 bits per heavy atom. The van der Waals surface area contributed by atoms with Crippen molar-refractivity contribution in [1.29, 1.82) is 0 Å². The minimum Gasteiger partial charge on any atom is -0.385 e. The van der Waals surface area contributed by atoms with E-state index in [-0.39, 0.29) is 0 Å². The van der Waals surface area contributed by atoms with E-state index in [9.17, 15) is 0 Å². The number of pyridine rings is 1. The molecule has 2 heterocycles. The van der Waals surface area contributed by atoms with Gasteiger partial charge in [-0.2, -0.15) is 0 Å². The predicted octanol–water partition coefficient (Wildman–Crippen LogP) is 2.00. The van der Waals surface area contributed by atoms with Crippen molar-refractivity contribution >= 4 is 5.69 Å². The maximum absolute atomic E-state index is 5.69. The number of anilines is 1. The zero-order chi connectivity index (χ0) is 11.9. The summed E-state index contributed by atoms with van der Waals surface area (Å²) in [5.74, 6) is 0. The van der Waals surface area contributed by atoms with Gasteiger partial charge in [-0.25, -0.2) is 0 Å². The average molecular weight is 236 g/mol. The van der Waals surface area contributed by atoms with Crippen LogP contribution in [-0.4, -0.2) is 37.5 Å². The molecule has 4 nitrogen and oxygen atoms in total. The highest BCUT2D eigenvalue weighted by Gasteiger charge is 2.15. The van der Waals surface area contributed by atoms with E-state index in [4.69, 9.17) is 9.47 Å². The highest BCUT2D eigenvalue weighted by molar-refractivity contribution is 5.42. The second-order valence-electron chi connectivity index (χ2n) is 4.32. The highest BCUT2D eigenvalue weighted by Crippen LogP contribution is 2.09. The van der Waals surface area contributed by atoms with E-state index in [1.807, 2.05) is 25.3 Å². The van der Waals surface area contributed by atoms with E-state index in [1.54, 1.807) is 0 Å². The van der Waals surface area contributed by atoms with Crippen LogP contribution in [0.4, 0.5) is 5.69 Å². The van der Waals surface area contributed by atoms with Gasteiger partial charge in [-0.15, -0.1) is 0 Å². The van der Waals surface area contributed by atoms with Crippen molar-refractivity contribution in [3.05, 3.63) is 24.0 Å². The number of nitrogens with one attached hydrogen (secondary N) is 1. The molecule has 1 aromatic rings. The molecule has 0 amide bonds. The lowest BCUT2D eigenvalue weighted by molar-refractivity contribution is 0.0427. The Morgan fingerprint density at radius 1 is 1.59 bits per heavy atom. The first-order chi connectivity index (χ1) is 8.34. The van der Waals surface area contributed by atoms with Crippen LogP contribution in [0.25, 0.3) is 0 Å². The largest absolute Gasteiger partial charge is 0.385 e. The summed E-state index contributed by atoms with van der Waals surface area (Å²) in [6.07, 6.45) is 4.19. The Labute approximate surface area is 102 Å². The molecule has 17 heavy (non-hydrogen) atoms. The van der Waals surface area contributed by atoms with Gasteiger partial charge in [0.25, 0.3) is 0 Å². The molecule has 1 unspecified atom stereocenters. The standard InChI is InChI=1S/C13H20N2O2/c1-11-9-12(3-6-14-11)15-5-2-7-17-13-4-8-16-10-13/h3,6,9,13H,2,4-5,7-8,10H2,1H3,(H,14,15). The maximum atomic E-state index is 5.69. The van der Waals surface area contributed by atoms with Gasteiger partial charge < -0.3 is 14.8 Å². The lowest BCUT2D eigenvalue weighted by Gasteiger charge is -2.10. The van der Waals surface area contributed by atoms with Gasteiger partial charge >= 0.3 is 0 Å². The summed E-state index contributed by atoms with van der Waals surface area (Å²) < 4.78 is 10.9. The number of aryl methyl sites for hydroxylation is 1. The summed E-state index contributed by atoms with van der Waals surface area (Å²) in [6.45, 7) is 5.33. The van der Waals surface area contributed by atoms with Gasteiger partial charge in [0.05, 0.1) is 12.7 Å². The molecule has 1 aliphatic heterocycles. The Bertz CT molecular complexity index is 338. The van der Waals surface area contributed by atoms with Crippen molar-refractivity contribution in [2.24, 2.45) is 0 Å². The minimum atomic E-state index is 0.318. The van der Waals surface area contributed by atoms with Gasteiger partial charge in [-0.3, -0.25) is 4.98 Å². The van der Waals surface area contributed by atoms with Crippen LogP contribution < -0.4 is 5.32 Å². The number of ether oxygens (including phenoxy) is 2. The molecule has 4 heteroatoms. The van der Waals surface area contributed by atoms with Crippen LogP contribution in [-0.2, 0) is 9.47 Å². The summed E-state index contributed by atoms with van der Waals surface area (Å²) in [5, 5.41) is 3.36. The molecule has 0 spiro atoms. The summed E-state index contributed by atoms with van der Waals surface area (Å²) in [6, 6.07) is 4.03. The topological polar surface area (TPSA) is 43.4 Å². The summed E-state index contributed by atoms with van der Waals surface area (Å²) >= 11 is 0. The molecule has 0 aromatic carbocycles. The predicted molar refractivity (Wildman–Crippen MR) is 67.3 cm³/mol. The van der Waals surface area contributed by atoms with Crippen LogP contribution in [0.15, 0.2) is 18.3 Å². The van der Waals surface area contributed by atoms with E-state index in [0.717, 1.165) is 50.6 Å². The van der Waals surface area contributed by atoms with Crippen molar-refractivity contribution in [2.75, 3.05) is 31.7 Å². The number of hydrogen-bond donors (Lipinski definition) is 1. The fraction of sp³-hybridized carbons (Fsp3) is 0.615. The third-order valence-corrected chi connectivity index (χ3v) is 2.79. The van der Waals surface area contributed by atoms with Gasteiger partial charge in [0, 0.05) is 37.3 Å². The maximum Gasteiger partial charge on any atom is 0.0830 e. The Morgan fingerprint density at radius 3 is 3.29 bits per heavy atom. The van der Waals surface area contributed by atoms with Gasteiger partial charge in [-0.1, -0.05) is 0 Å². The van der Waals surface area contributed by atoms with Crippen molar-refractivity contribution < 1.29 is 9.47 Å². The lowest BCUT2D eigenvalue weighted by Crippen LogP contribution is -2.15. The molecule has 2 rings (SSSR count). The molecule has 1 atom stereocenters. The van der Waals surface area contributed by atoms with Crippen molar-refractivity contribution in [1.82, 2.24) is 4.98 Å². The molecule has 1 saturated heterocycles. The molecule has 0 radical (unpaired) electrons. The van der Waals surface area contributed by atoms with Crippen molar-refractivity contribution in [3.63, 3.8) is 0 Å². The zero-order valence-corrected chi connectivity index (χ0v) is 10.3. The monoisotopic (exact) mass is 236 g/mol. The molecule has 94 valence electrons. The minimum absolute atomic E-state index is 0.318. The van der Waals surface area contributed by atoms with E-state index in [0.29, 0.717) is 6.10 Å². The van der Waals surface area contributed by atoms with Crippen LogP contribution in [0.5, 0.6) is 0 Å². The molecule has 1 fully saturated rings. The van der Waals surface area contributed by atoms with Crippen LogP contribution in [0.2, 0.25) is 0 Å². The average Bonchev–Trinajstić information content (AvgIpc) is 2.82. The van der Waals surface area contributed by atoms with E-state index >= 15 is 0 Å². The fourth-order valence-electron chi connectivity index (χ4n) is 1.85. The van der Waals surface area contributed by atoms with Crippen molar-refractivity contribution in [2.45, 2.75) is 25.9 Å². The molecule has 1 N–H and O–H groups in total. The third-order valence-electron chi connectivity index (χ3n) is 2.79. The zero-order valence-electron chi connectivity index (χ0n) is 10.3. The van der Waals surface area contributed by atoms with Crippen LogP contribution >= 0.6 is 0 Å². The van der Waals surface area contributed by atoms with Crippen molar-refractivity contribution in [3.8, 4) is 0 Å². The van der Waals surface area contributed by atoms with E-state index in [1.165, 1.54) is 0 Å². The third kappa shape index (κ3) is 4.32. The second kappa shape index (κ2) is 6.57. The first-order valence-corrected chi connectivity index (χ1v) is 6.20. The molecular weight excluding hydrogens is 216 g/mol. The van der Waals surface area contributed by atoms with E-state index < -0.39 is 0 Å². The second-order valence-corrected chi connectivity index (χ2v) is 4.32. The van der Waals surface area contributed by atoms with Gasteiger partial charge in [0.15, 0.2) is 0 Å². The highest BCUT2D eigenvalue weighted by atomic mass is 16.5. The van der Waals surface area contributed by atoms with Gasteiger partial charge in [-0.05, 0) is 31.9 Å². The Balaban J connectivity index is 1.56. The summed E-state index contributed by atoms with van der Waals surface area (Å²) in [4.78, 5) is 4.16.